The van der Waals surface area contributed by atoms with Crippen LogP contribution in [0.4, 0.5) is 8.78 Å². The quantitative estimate of drug-likeness (QED) is 0.779. The summed E-state index contributed by atoms with van der Waals surface area (Å²) in [4.78, 5) is 14.4. The molecule has 1 heterocycles. The number of hydrogen-bond donors (Lipinski definition) is 1. The molecule has 3 rings (SSSR count). The third-order valence-corrected chi connectivity index (χ3v) is 4.93. The van der Waals surface area contributed by atoms with Crippen LogP contribution in [0.2, 0.25) is 0 Å². The van der Waals surface area contributed by atoms with Crippen LogP contribution in [0.1, 0.15) is 37.2 Å². The molecule has 1 saturated carbocycles. The number of rotatable bonds is 6. The van der Waals surface area contributed by atoms with Gasteiger partial charge < -0.3 is 15.4 Å². The van der Waals surface area contributed by atoms with E-state index in [0.29, 0.717) is 32.7 Å². The maximum atomic E-state index is 13.8. The van der Waals surface area contributed by atoms with Crippen molar-refractivity contribution in [3.63, 3.8) is 0 Å². The molecule has 1 aromatic rings. The van der Waals surface area contributed by atoms with Gasteiger partial charge in [-0.1, -0.05) is 6.07 Å². The number of carbonyl (C=O) groups is 1. The number of hydrogen-bond acceptors (Lipinski definition) is 3. The van der Waals surface area contributed by atoms with Crippen LogP contribution in [0.5, 0.6) is 0 Å². The van der Waals surface area contributed by atoms with Crippen LogP contribution in [0, 0.1) is 17.6 Å². The van der Waals surface area contributed by atoms with Crippen LogP contribution in [0.3, 0.4) is 0 Å². The molecular weight excluding hydrogens is 350 g/mol. The SMILES string of the molecule is Cl.NCCCOC1CCN(C(=O)C2CC2c2c(F)cccc2F)CC1. The van der Waals surface area contributed by atoms with Gasteiger partial charge in [0.1, 0.15) is 11.6 Å². The number of likely N-dealkylation sites (tertiary alicyclic amines) is 1. The number of ether oxygens (including phenoxy) is 1. The van der Waals surface area contributed by atoms with Crippen molar-refractivity contribution in [1.82, 2.24) is 4.90 Å². The molecule has 7 heteroatoms. The Morgan fingerprint density at radius 2 is 1.88 bits per heavy atom. The largest absolute Gasteiger partial charge is 0.378 e. The molecule has 2 aliphatic rings. The van der Waals surface area contributed by atoms with Crippen molar-refractivity contribution >= 4 is 18.3 Å². The summed E-state index contributed by atoms with van der Waals surface area (Å²) >= 11 is 0. The molecule has 140 valence electrons. The highest BCUT2D eigenvalue weighted by Gasteiger charge is 2.48. The zero-order chi connectivity index (χ0) is 17.1. The molecule has 1 aromatic carbocycles. The lowest BCUT2D eigenvalue weighted by Gasteiger charge is -2.32. The van der Waals surface area contributed by atoms with Crippen molar-refractivity contribution in [3.8, 4) is 0 Å². The first-order valence-corrected chi connectivity index (χ1v) is 8.66. The van der Waals surface area contributed by atoms with Gasteiger partial charge in [-0.2, -0.15) is 0 Å². The second kappa shape index (κ2) is 8.92. The van der Waals surface area contributed by atoms with E-state index in [1.54, 1.807) is 0 Å². The maximum Gasteiger partial charge on any atom is 0.226 e. The van der Waals surface area contributed by atoms with Crippen LogP contribution >= 0.6 is 12.4 Å². The lowest BCUT2D eigenvalue weighted by Crippen LogP contribution is -2.42. The summed E-state index contributed by atoms with van der Waals surface area (Å²) in [5.74, 6) is -1.70. The Labute approximate surface area is 153 Å². The first-order chi connectivity index (χ1) is 11.6. The summed E-state index contributed by atoms with van der Waals surface area (Å²) in [6.45, 7) is 2.57. The Morgan fingerprint density at radius 3 is 2.48 bits per heavy atom. The predicted molar refractivity (Wildman–Crippen MR) is 93.7 cm³/mol. The Morgan fingerprint density at radius 1 is 1.24 bits per heavy atom. The fraction of sp³-hybridized carbons (Fsp3) is 0.611. The number of nitrogens with two attached hydrogens (primary N) is 1. The number of amides is 1. The van der Waals surface area contributed by atoms with Crippen molar-refractivity contribution in [2.45, 2.75) is 37.7 Å². The monoisotopic (exact) mass is 374 g/mol. The number of piperidine rings is 1. The Kier molecular flexibility index (Phi) is 7.16. The van der Waals surface area contributed by atoms with Crippen molar-refractivity contribution in [3.05, 3.63) is 35.4 Å². The topological polar surface area (TPSA) is 55.6 Å². The molecular formula is C18H25ClF2N2O2. The van der Waals surface area contributed by atoms with Gasteiger partial charge in [0.05, 0.1) is 6.10 Å². The van der Waals surface area contributed by atoms with Crippen molar-refractivity contribution in [2.24, 2.45) is 11.7 Å². The highest BCUT2D eigenvalue weighted by atomic mass is 35.5. The van der Waals surface area contributed by atoms with Crippen LogP contribution in [0.25, 0.3) is 0 Å². The number of nitrogens with zero attached hydrogens (tertiary/aromatic N) is 1. The first kappa shape index (κ1) is 20.1. The maximum absolute atomic E-state index is 13.8. The smallest absolute Gasteiger partial charge is 0.226 e. The molecule has 0 bridgehead atoms. The normalized spacial score (nSPS) is 23.2. The lowest BCUT2D eigenvalue weighted by atomic mass is 10.0. The van der Waals surface area contributed by atoms with Crippen LogP contribution in [-0.2, 0) is 9.53 Å². The molecule has 1 aliphatic carbocycles. The van der Waals surface area contributed by atoms with Crippen molar-refractivity contribution in [2.75, 3.05) is 26.2 Å². The summed E-state index contributed by atoms with van der Waals surface area (Å²) in [6, 6.07) is 3.85. The number of carbonyl (C=O) groups excluding carboxylic acids is 1. The van der Waals surface area contributed by atoms with Gasteiger partial charge in [-0.05, 0) is 44.4 Å². The summed E-state index contributed by atoms with van der Waals surface area (Å²) in [5, 5.41) is 0. The van der Waals surface area contributed by atoms with Gasteiger partial charge in [0.25, 0.3) is 0 Å². The minimum atomic E-state index is -0.553. The molecule has 2 fully saturated rings. The van der Waals surface area contributed by atoms with E-state index in [1.807, 2.05) is 4.90 Å². The minimum Gasteiger partial charge on any atom is -0.378 e. The van der Waals surface area contributed by atoms with Crippen LogP contribution in [0.15, 0.2) is 18.2 Å². The Bertz CT molecular complexity index is 574. The standard InChI is InChI=1S/C18H24F2N2O2.ClH/c19-15-3-1-4-16(20)17(15)13-11-14(13)18(23)22-8-5-12(6-9-22)24-10-2-7-21;/h1,3-4,12-14H,2,5-11,21H2;1H. The number of benzene rings is 1. The molecule has 0 radical (unpaired) electrons. The van der Waals surface area contributed by atoms with Crippen LogP contribution in [-0.4, -0.2) is 43.2 Å². The Hall–Kier alpha value is -1.24. The van der Waals surface area contributed by atoms with E-state index in [4.69, 9.17) is 10.5 Å². The molecule has 0 spiro atoms. The van der Waals surface area contributed by atoms with E-state index in [2.05, 4.69) is 0 Å². The second-order valence-electron chi connectivity index (χ2n) is 6.62. The van der Waals surface area contributed by atoms with Crippen LogP contribution < -0.4 is 5.73 Å². The van der Waals surface area contributed by atoms with E-state index in [1.165, 1.54) is 18.2 Å². The third kappa shape index (κ3) is 4.68. The molecule has 2 N–H and O–H groups in total. The minimum absolute atomic E-state index is 0. The molecule has 1 aliphatic heterocycles. The van der Waals surface area contributed by atoms with E-state index >= 15 is 0 Å². The van der Waals surface area contributed by atoms with E-state index < -0.39 is 11.6 Å². The predicted octanol–water partition coefficient (Wildman–Crippen LogP) is 2.85. The van der Waals surface area contributed by atoms with Crippen molar-refractivity contribution in [1.29, 1.82) is 0 Å². The van der Waals surface area contributed by atoms with E-state index in [-0.39, 0.29) is 41.8 Å². The molecule has 2 atom stereocenters. The number of halogens is 3. The van der Waals surface area contributed by atoms with Gasteiger partial charge in [-0.15, -0.1) is 12.4 Å². The molecule has 25 heavy (non-hydrogen) atoms. The summed E-state index contributed by atoms with van der Waals surface area (Å²) < 4.78 is 33.4. The second-order valence-corrected chi connectivity index (χ2v) is 6.62. The molecule has 2 unspecified atom stereocenters. The highest BCUT2D eigenvalue weighted by molar-refractivity contribution is 5.85. The summed E-state index contributed by atoms with van der Waals surface area (Å²) in [5.41, 5.74) is 5.51. The highest BCUT2D eigenvalue weighted by Crippen LogP contribution is 2.50. The summed E-state index contributed by atoms with van der Waals surface area (Å²) in [6.07, 6.45) is 3.17. The third-order valence-electron chi connectivity index (χ3n) is 4.93. The van der Waals surface area contributed by atoms with Gasteiger partial charge in [0.15, 0.2) is 0 Å². The molecule has 1 amide bonds. The first-order valence-electron chi connectivity index (χ1n) is 8.66. The molecule has 1 saturated heterocycles. The van der Waals surface area contributed by atoms with Gasteiger partial charge in [-0.3, -0.25) is 4.79 Å². The molecule has 0 aromatic heterocycles. The zero-order valence-electron chi connectivity index (χ0n) is 14.1. The fourth-order valence-corrected chi connectivity index (χ4v) is 3.46. The average Bonchev–Trinajstić information content (AvgIpc) is 3.35. The van der Waals surface area contributed by atoms with E-state index in [9.17, 15) is 13.6 Å². The summed E-state index contributed by atoms with van der Waals surface area (Å²) in [7, 11) is 0. The van der Waals surface area contributed by atoms with Gasteiger partial charge in [0, 0.05) is 37.1 Å². The lowest BCUT2D eigenvalue weighted by molar-refractivity contribution is -0.135. The van der Waals surface area contributed by atoms with Crippen molar-refractivity contribution < 1.29 is 18.3 Å². The van der Waals surface area contributed by atoms with Gasteiger partial charge in [-0.25, -0.2) is 8.78 Å². The van der Waals surface area contributed by atoms with E-state index in [0.717, 1.165) is 19.3 Å². The Balaban J connectivity index is 0.00000225. The zero-order valence-corrected chi connectivity index (χ0v) is 14.9. The van der Waals surface area contributed by atoms with Gasteiger partial charge >= 0.3 is 0 Å². The van der Waals surface area contributed by atoms with Gasteiger partial charge in [0.2, 0.25) is 5.91 Å². The average molecular weight is 375 g/mol. The molecule has 4 nitrogen and oxygen atoms in total. The fourth-order valence-electron chi connectivity index (χ4n) is 3.46.